The molecule has 0 bridgehead atoms. The van der Waals surface area contributed by atoms with Gasteiger partial charge in [0.2, 0.25) is 0 Å². The average Bonchev–Trinajstić information content (AvgIpc) is 2.09. The van der Waals surface area contributed by atoms with E-state index in [0.717, 1.165) is 0 Å². The molecule has 3 nitrogen and oxygen atoms in total. The summed E-state index contributed by atoms with van der Waals surface area (Å²) in [6.07, 6.45) is -0.304. The molecule has 82 valence electrons. The summed E-state index contributed by atoms with van der Waals surface area (Å²) in [6, 6.07) is 4.65. The van der Waals surface area contributed by atoms with E-state index in [9.17, 15) is 9.18 Å². The van der Waals surface area contributed by atoms with E-state index in [0.29, 0.717) is 5.69 Å². The minimum Gasteiger partial charge on any atom is -0.481 e. The Hall–Kier alpha value is -1.58. The molecule has 0 amide bonds. The molecule has 2 N–H and O–H groups in total. The highest BCUT2D eigenvalue weighted by Crippen LogP contribution is 2.20. The zero-order valence-electron chi connectivity index (χ0n) is 8.75. The Balaban J connectivity index is 3.02. The predicted molar refractivity (Wildman–Crippen MR) is 56.5 cm³/mol. The van der Waals surface area contributed by atoms with Gasteiger partial charge in [-0.3, -0.25) is 4.79 Å². The lowest BCUT2D eigenvalue weighted by molar-refractivity contribution is -0.136. The van der Waals surface area contributed by atoms with Crippen LogP contribution in [0.25, 0.3) is 0 Å². The van der Waals surface area contributed by atoms with E-state index >= 15 is 0 Å². The molecule has 1 aromatic carbocycles. The lowest BCUT2D eigenvalue weighted by atomic mass is 10.1. The molecule has 0 heterocycles. The van der Waals surface area contributed by atoms with Crippen LogP contribution in [0.3, 0.4) is 0 Å². The highest BCUT2D eigenvalue weighted by Gasteiger charge is 2.12. The summed E-state index contributed by atoms with van der Waals surface area (Å²) < 4.78 is 13.4. The van der Waals surface area contributed by atoms with E-state index < -0.39 is 11.8 Å². The van der Waals surface area contributed by atoms with Crippen molar-refractivity contribution in [3.8, 4) is 0 Å². The van der Waals surface area contributed by atoms with Crippen LogP contribution in [0.15, 0.2) is 18.2 Å². The van der Waals surface area contributed by atoms with Crippen molar-refractivity contribution in [2.45, 2.75) is 26.3 Å². The first-order valence-electron chi connectivity index (χ1n) is 4.76. The van der Waals surface area contributed by atoms with Crippen LogP contribution < -0.4 is 5.32 Å². The minimum absolute atomic E-state index is 0.138. The van der Waals surface area contributed by atoms with Crippen LogP contribution in [0.4, 0.5) is 10.1 Å². The second-order valence-electron chi connectivity index (χ2n) is 3.64. The van der Waals surface area contributed by atoms with Crippen LogP contribution in [0.2, 0.25) is 0 Å². The quantitative estimate of drug-likeness (QED) is 0.803. The van der Waals surface area contributed by atoms with Gasteiger partial charge in [-0.2, -0.15) is 0 Å². The second kappa shape index (κ2) is 4.77. The van der Waals surface area contributed by atoms with E-state index in [1.165, 1.54) is 6.07 Å². The van der Waals surface area contributed by atoms with Crippen LogP contribution in [0.5, 0.6) is 0 Å². The monoisotopic (exact) mass is 211 g/mol. The highest BCUT2D eigenvalue weighted by molar-refractivity contribution is 5.73. The number of halogens is 1. The van der Waals surface area contributed by atoms with Crippen molar-refractivity contribution in [1.29, 1.82) is 0 Å². The van der Waals surface area contributed by atoms with E-state index in [1.807, 2.05) is 13.8 Å². The first kappa shape index (κ1) is 11.5. The fraction of sp³-hybridized carbons (Fsp3) is 0.364. The molecule has 0 aliphatic carbocycles. The third-order valence-corrected chi connectivity index (χ3v) is 1.89. The molecule has 15 heavy (non-hydrogen) atoms. The smallest absolute Gasteiger partial charge is 0.308 e. The summed E-state index contributed by atoms with van der Waals surface area (Å²) in [4.78, 5) is 10.6. The van der Waals surface area contributed by atoms with Crippen molar-refractivity contribution in [2.24, 2.45) is 0 Å². The van der Waals surface area contributed by atoms with E-state index in [2.05, 4.69) is 5.32 Å². The molecule has 1 rings (SSSR count). The molecule has 0 aliphatic rings. The third-order valence-electron chi connectivity index (χ3n) is 1.89. The van der Waals surface area contributed by atoms with Crippen molar-refractivity contribution in [3.05, 3.63) is 29.6 Å². The Morgan fingerprint density at radius 3 is 2.73 bits per heavy atom. The second-order valence-corrected chi connectivity index (χ2v) is 3.64. The lowest BCUT2D eigenvalue weighted by Gasteiger charge is -2.14. The largest absolute Gasteiger partial charge is 0.481 e. The van der Waals surface area contributed by atoms with Gasteiger partial charge in [0.1, 0.15) is 5.82 Å². The average molecular weight is 211 g/mol. The summed E-state index contributed by atoms with van der Waals surface area (Å²) in [5.74, 6) is -1.52. The standard InChI is InChI=1S/C11H14FNO2/c1-7(2)13-10-5-3-4-9(12)8(10)6-11(14)15/h3-5,7,13H,6H2,1-2H3,(H,14,15). The Bertz CT molecular complexity index is 364. The van der Waals surface area contributed by atoms with Crippen molar-refractivity contribution >= 4 is 11.7 Å². The summed E-state index contributed by atoms with van der Waals surface area (Å²) in [5, 5.41) is 11.7. The van der Waals surface area contributed by atoms with Gasteiger partial charge in [-0.15, -0.1) is 0 Å². The zero-order valence-corrected chi connectivity index (χ0v) is 8.75. The van der Waals surface area contributed by atoms with Gasteiger partial charge in [-0.25, -0.2) is 4.39 Å². The maximum Gasteiger partial charge on any atom is 0.308 e. The number of anilines is 1. The third kappa shape index (κ3) is 3.23. The fourth-order valence-electron chi connectivity index (χ4n) is 1.34. The van der Waals surface area contributed by atoms with Gasteiger partial charge in [-0.05, 0) is 26.0 Å². The first-order chi connectivity index (χ1) is 7.00. The maximum atomic E-state index is 13.4. The fourth-order valence-corrected chi connectivity index (χ4v) is 1.34. The predicted octanol–water partition coefficient (Wildman–Crippen LogP) is 2.27. The number of carbonyl (C=O) groups is 1. The lowest BCUT2D eigenvalue weighted by Crippen LogP contribution is -2.14. The topological polar surface area (TPSA) is 49.3 Å². The number of carboxylic acid groups (broad SMARTS) is 1. The van der Waals surface area contributed by atoms with E-state index in [4.69, 9.17) is 5.11 Å². The summed E-state index contributed by atoms with van der Waals surface area (Å²) in [7, 11) is 0. The van der Waals surface area contributed by atoms with Gasteiger partial charge in [0, 0.05) is 17.3 Å². The molecular weight excluding hydrogens is 197 g/mol. The molecule has 0 fully saturated rings. The SMILES string of the molecule is CC(C)Nc1cccc(F)c1CC(=O)O. The van der Waals surface area contributed by atoms with Gasteiger partial charge < -0.3 is 10.4 Å². The number of hydrogen-bond acceptors (Lipinski definition) is 2. The van der Waals surface area contributed by atoms with Crippen molar-refractivity contribution in [1.82, 2.24) is 0 Å². The number of aliphatic carboxylic acids is 1. The Kier molecular flexibility index (Phi) is 3.66. The molecule has 4 heteroatoms. The summed E-state index contributed by atoms with van der Waals surface area (Å²) in [6.45, 7) is 3.82. The molecule has 0 spiro atoms. The Labute approximate surface area is 87.9 Å². The Morgan fingerprint density at radius 1 is 1.53 bits per heavy atom. The maximum absolute atomic E-state index is 13.4. The van der Waals surface area contributed by atoms with E-state index in [1.54, 1.807) is 12.1 Å². The van der Waals surface area contributed by atoms with Crippen LogP contribution in [0.1, 0.15) is 19.4 Å². The molecule has 0 aliphatic heterocycles. The summed E-state index contributed by atoms with van der Waals surface area (Å²) in [5.41, 5.74) is 0.756. The molecule has 0 saturated carbocycles. The highest BCUT2D eigenvalue weighted by atomic mass is 19.1. The van der Waals surface area contributed by atoms with Crippen molar-refractivity contribution in [2.75, 3.05) is 5.32 Å². The number of nitrogens with one attached hydrogen (secondary N) is 1. The number of rotatable bonds is 4. The first-order valence-corrected chi connectivity index (χ1v) is 4.76. The van der Waals surface area contributed by atoms with Gasteiger partial charge in [0.25, 0.3) is 0 Å². The minimum atomic E-state index is -1.04. The number of carboxylic acids is 1. The Morgan fingerprint density at radius 2 is 2.20 bits per heavy atom. The van der Waals surface area contributed by atoms with E-state index in [-0.39, 0.29) is 18.0 Å². The summed E-state index contributed by atoms with van der Waals surface area (Å²) >= 11 is 0. The van der Waals surface area contributed by atoms with Crippen molar-refractivity contribution in [3.63, 3.8) is 0 Å². The van der Waals surface area contributed by atoms with Crippen LogP contribution >= 0.6 is 0 Å². The molecule has 0 aromatic heterocycles. The molecular formula is C11H14FNO2. The van der Waals surface area contributed by atoms with Gasteiger partial charge in [0.15, 0.2) is 0 Å². The molecule has 1 aromatic rings. The van der Waals surface area contributed by atoms with Crippen LogP contribution in [0, 0.1) is 5.82 Å². The van der Waals surface area contributed by atoms with Gasteiger partial charge >= 0.3 is 5.97 Å². The van der Waals surface area contributed by atoms with Crippen LogP contribution in [-0.4, -0.2) is 17.1 Å². The molecule has 0 atom stereocenters. The molecule has 0 unspecified atom stereocenters. The number of benzene rings is 1. The molecule has 0 radical (unpaired) electrons. The van der Waals surface area contributed by atoms with Crippen molar-refractivity contribution < 1.29 is 14.3 Å². The number of hydrogen-bond donors (Lipinski definition) is 2. The molecule has 0 saturated heterocycles. The van der Waals surface area contributed by atoms with Gasteiger partial charge in [0.05, 0.1) is 6.42 Å². The van der Waals surface area contributed by atoms with Crippen LogP contribution in [-0.2, 0) is 11.2 Å². The van der Waals surface area contributed by atoms with Gasteiger partial charge in [-0.1, -0.05) is 6.07 Å². The normalized spacial score (nSPS) is 10.4. The zero-order chi connectivity index (χ0) is 11.4.